The van der Waals surface area contributed by atoms with Crippen LogP contribution in [0, 0.1) is 0 Å². The summed E-state index contributed by atoms with van der Waals surface area (Å²) < 4.78 is 0. The van der Waals surface area contributed by atoms with Gasteiger partial charge in [0.2, 0.25) is 0 Å². The van der Waals surface area contributed by atoms with Crippen molar-refractivity contribution in [1.29, 1.82) is 0 Å². The average Bonchev–Trinajstić information content (AvgIpc) is 2.95. The molecule has 1 aliphatic rings. The fraction of sp³-hybridized carbons (Fsp3) is 0.438. The van der Waals surface area contributed by atoms with Crippen LogP contribution in [0.25, 0.3) is 11.3 Å². The molecule has 19 heavy (non-hydrogen) atoms. The number of hydrogen-bond donors (Lipinski definition) is 1. The Kier molecular flexibility index (Phi) is 3.67. The van der Waals surface area contributed by atoms with Crippen LogP contribution in [0.5, 0.6) is 0 Å². The quantitative estimate of drug-likeness (QED) is 0.914. The topological polar surface area (TPSA) is 24.9 Å². The number of nitrogens with zero attached hydrogens (tertiary/aromatic N) is 1. The summed E-state index contributed by atoms with van der Waals surface area (Å²) in [5.74, 6) is 0.570. The molecule has 2 heterocycles. The summed E-state index contributed by atoms with van der Waals surface area (Å²) in [6.07, 6.45) is 2.29. The molecule has 2 nitrogen and oxygen atoms in total. The molecule has 0 amide bonds. The normalized spacial score (nSPS) is 16.1. The van der Waals surface area contributed by atoms with Gasteiger partial charge in [-0.3, -0.25) is 0 Å². The van der Waals surface area contributed by atoms with Crippen LogP contribution in [0.2, 0.25) is 0 Å². The third kappa shape index (κ3) is 2.58. The first-order valence-electron chi connectivity index (χ1n) is 7.06. The zero-order chi connectivity index (χ0) is 13.2. The molecule has 0 saturated heterocycles. The Morgan fingerprint density at radius 3 is 3.11 bits per heavy atom. The van der Waals surface area contributed by atoms with Crippen molar-refractivity contribution in [2.45, 2.75) is 39.2 Å². The minimum atomic E-state index is 0.570. The van der Waals surface area contributed by atoms with Crippen LogP contribution in [0.1, 0.15) is 42.3 Å². The minimum Gasteiger partial charge on any atom is -0.312 e. The molecule has 0 bridgehead atoms. The zero-order valence-electron chi connectivity index (χ0n) is 11.6. The second-order valence-corrected chi connectivity index (χ2v) is 6.18. The number of fused-ring (bicyclic) bond motifs is 1. The lowest BCUT2D eigenvalue weighted by molar-refractivity contribution is 0.644. The molecule has 0 radical (unpaired) electrons. The van der Waals surface area contributed by atoms with Crippen molar-refractivity contribution < 1.29 is 0 Å². The van der Waals surface area contributed by atoms with E-state index in [1.165, 1.54) is 21.7 Å². The van der Waals surface area contributed by atoms with E-state index in [2.05, 4.69) is 42.7 Å². The second kappa shape index (κ2) is 5.43. The van der Waals surface area contributed by atoms with Crippen molar-refractivity contribution in [3.8, 4) is 11.3 Å². The summed E-state index contributed by atoms with van der Waals surface area (Å²) in [6, 6.07) is 6.78. The van der Waals surface area contributed by atoms with Crippen LogP contribution in [0.15, 0.2) is 23.6 Å². The summed E-state index contributed by atoms with van der Waals surface area (Å²) in [6.45, 7) is 6.56. The average molecular weight is 272 g/mol. The van der Waals surface area contributed by atoms with E-state index in [0.29, 0.717) is 5.92 Å². The molecule has 1 aromatic heterocycles. The fourth-order valence-electron chi connectivity index (χ4n) is 2.46. The summed E-state index contributed by atoms with van der Waals surface area (Å²) in [5.41, 5.74) is 5.33. The van der Waals surface area contributed by atoms with Gasteiger partial charge >= 0.3 is 0 Å². The summed E-state index contributed by atoms with van der Waals surface area (Å²) >= 11 is 1.79. The maximum absolute atomic E-state index is 4.80. The number of nitrogens with one attached hydrogen (secondary N) is 1. The van der Waals surface area contributed by atoms with Gasteiger partial charge in [-0.05, 0) is 36.6 Å². The molecule has 1 atom stereocenters. The van der Waals surface area contributed by atoms with Gasteiger partial charge in [0.25, 0.3) is 0 Å². The van der Waals surface area contributed by atoms with Gasteiger partial charge in [-0.15, -0.1) is 11.3 Å². The van der Waals surface area contributed by atoms with Crippen molar-refractivity contribution in [1.82, 2.24) is 10.3 Å². The van der Waals surface area contributed by atoms with E-state index in [1.807, 2.05) is 0 Å². The SMILES string of the molecule is CCC(C)c1nc(-c2ccc3c(c2)CCNC3)cs1. The molecule has 1 aromatic carbocycles. The lowest BCUT2D eigenvalue weighted by Crippen LogP contribution is -2.23. The van der Waals surface area contributed by atoms with E-state index in [0.717, 1.165) is 31.6 Å². The lowest BCUT2D eigenvalue weighted by Gasteiger charge is -2.17. The molecule has 0 aliphatic carbocycles. The maximum atomic E-state index is 4.80. The Hall–Kier alpha value is -1.19. The van der Waals surface area contributed by atoms with Crippen molar-refractivity contribution in [2.24, 2.45) is 0 Å². The third-order valence-corrected chi connectivity index (χ3v) is 5.02. The van der Waals surface area contributed by atoms with Crippen molar-refractivity contribution in [2.75, 3.05) is 6.54 Å². The van der Waals surface area contributed by atoms with Crippen LogP contribution in [-0.2, 0) is 13.0 Å². The second-order valence-electron chi connectivity index (χ2n) is 5.29. The molecule has 3 rings (SSSR count). The van der Waals surface area contributed by atoms with Crippen molar-refractivity contribution >= 4 is 11.3 Å². The molecule has 2 aromatic rings. The largest absolute Gasteiger partial charge is 0.312 e. The molecule has 0 fully saturated rings. The van der Waals surface area contributed by atoms with E-state index in [9.17, 15) is 0 Å². The van der Waals surface area contributed by atoms with Gasteiger partial charge in [0, 0.05) is 23.4 Å². The zero-order valence-corrected chi connectivity index (χ0v) is 12.4. The Labute approximate surface area is 118 Å². The highest BCUT2D eigenvalue weighted by molar-refractivity contribution is 7.10. The van der Waals surface area contributed by atoms with E-state index < -0.39 is 0 Å². The molecule has 1 unspecified atom stereocenters. The molecular formula is C16H20N2S. The molecule has 100 valence electrons. The predicted molar refractivity (Wildman–Crippen MR) is 81.7 cm³/mol. The van der Waals surface area contributed by atoms with Gasteiger partial charge in [0.1, 0.15) is 0 Å². The van der Waals surface area contributed by atoms with E-state index in [-0.39, 0.29) is 0 Å². The van der Waals surface area contributed by atoms with Crippen LogP contribution >= 0.6 is 11.3 Å². The third-order valence-electron chi connectivity index (χ3n) is 3.94. The molecule has 0 saturated carbocycles. The predicted octanol–water partition coefficient (Wildman–Crippen LogP) is 3.97. The van der Waals surface area contributed by atoms with Gasteiger partial charge in [0.15, 0.2) is 0 Å². The monoisotopic (exact) mass is 272 g/mol. The van der Waals surface area contributed by atoms with Gasteiger partial charge in [-0.2, -0.15) is 0 Å². The lowest BCUT2D eigenvalue weighted by atomic mass is 9.97. The molecule has 0 spiro atoms. The molecular weight excluding hydrogens is 252 g/mol. The number of benzene rings is 1. The van der Waals surface area contributed by atoms with Gasteiger partial charge in [0.05, 0.1) is 10.7 Å². The van der Waals surface area contributed by atoms with Gasteiger partial charge < -0.3 is 5.32 Å². The highest BCUT2D eigenvalue weighted by Crippen LogP contribution is 2.29. The van der Waals surface area contributed by atoms with E-state index in [1.54, 1.807) is 11.3 Å². The Bertz CT molecular complexity index is 574. The van der Waals surface area contributed by atoms with Crippen LogP contribution in [0.3, 0.4) is 0 Å². The van der Waals surface area contributed by atoms with Crippen LogP contribution in [-0.4, -0.2) is 11.5 Å². The van der Waals surface area contributed by atoms with Crippen LogP contribution in [0.4, 0.5) is 0 Å². The number of thiazole rings is 1. The maximum Gasteiger partial charge on any atom is 0.0960 e. The summed E-state index contributed by atoms with van der Waals surface area (Å²) in [5, 5.41) is 6.87. The van der Waals surface area contributed by atoms with E-state index in [4.69, 9.17) is 4.98 Å². The first-order chi connectivity index (χ1) is 9.28. The molecule has 1 aliphatic heterocycles. The van der Waals surface area contributed by atoms with E-state index >= 15 is 0 Å². The fourth-order valence-corrected chi connectivity index (χ4v) is 3.43. The molecule has 3 heteroatoms. The van der Waals surface area contributed by atoms with Gasteiger partial charge in [-0.25, -0.2) is 4.98 Å². The first-order valence-corrected chi connectivity index (χ1v) is 7.94. The summed E-state index contributed by atoms with van der Waals surface area (Å²) in [4.78, 5) is 4.80. The summed E-state index contributed by atoms with van der Waals surface area (Å²) in [7, 11) is 0. The number of aromatic nitrogens is 1. The highest BCUT2D eigenvalue weighted by Gasteiger charge is 2.13. The Balaban J connectivity index is 1.91. The van der Waals surface area contributed by atoms with Gasteiger partial charge in [-0.1, -0.05) is 26.0 Å². The highest BCUT2D eigenvalue weighted by atomic mass is 32.1. The van der Waals surface area contributed by atoms with Crippen LogP contribution < -0.4 is 5.32 Å². The number of rotatable bonds is 3. The minimum absolute atomic E-state index is 0.570. The first kappa shape index (κ1) is 12.8. The Morgan fingerprint density at radius 1 is 1.37 bits per heavy atom. The number of hydrogen-bond acceptors (Lipinski definition) is 3. The van der Waals surface area contributed by atoms with Crippen molar-refractivity contribution in [3.63, 3.8) is 0 Å². The Morgan fingerprint density at radius 2 is 2.26 bits per heavy atom. The molecule has 1 N–H and O–H groups in total. The standard InChI is InChI=1S/C16H20N2S/c1-3-11(2)16-18-15(10-19-16)13-4-5-14-9-17-7-6-12(14)8-13/h4-5,8,10-11,17H,3,6-7,9H2,1-2H3. The van der Waals surface area contributed by atoms with Crippen molar-refractivity contribution in [3.05, 3.63) is 39.7 Å². The smallest absolute Gasteiger partial charge is 0.0960 e.